The zero-order chi connectivity index (χ0) is 15.2. The lowest BCUT2D eigenvalue weighted by Crippen LogP contribution is -2.26. The molecule has 0 bridgehead atoms. The molecule has 1 aromatic carbocycles. The van der Waals surface area contributed by atoms with E-state index in [0.29, 0.717) is 6.54 Å². The quantitative estimate of drug-likeness (QED) is 0.801. The number of benzene rings is 1. The van der Waals surface area contributed by atoms with E-state index < -0.39 is 0 Å². The third-order valence-corrected chi connectivity index (χ3v) is 3.52. The Morgan fingerprint density at radius 1 is 1.43 bits per heavy atom. The summed E-state index contributed by atoms with van der Waals surface area (Å²) >= 11 is 0. The molecule has 0 saturated heterocycles. The van der Waals surface area contributed by atoms with Gasteiger partial charge in [0, 0.05) is 29.2 Å². The van der Waals surface area contributed by atoms with Crippen LogP contribution >= 0.6 is 0 Å². The Hall–Kier alpha value is -2.23. The molecule has 2 N–H and O–H groups in total. The Balaban J connectivity index is 2.01. The third kappa shape index (κ3) is 3.66. The molecule has 0 aliphatic heterocycles. The summed E-state index contributed by atoms with van der Waals surface area (Å²) in [5.41, 5.74) is 3.04. The summed E-state index contributed by atoms with van der Waals surface area (Å²) < 4.78 is 5.26. The van der Waals surface area contributed by atoms with Gasteiger partial charge < -0.3 is 15.0 Å². The van der Waals surface area contributed by atoms with E-state index in [2.05, 4.69) is 10.3 Å². The summed E-state index contributed by atoms with van der Waals surface area (Å²) in [6.07, 6.45) is 5.59. The number of carbonyl (C=O) groups is 1. The Bertz CT molecular complexity index is 656. The standard InChI is InChI=1S/C17H22N2O2/c1-4-5-12(2)17(20)18-9-8-13-11-19-16-7-6-14(21-3)10-15(13)16/h5-7,10-11,19H,4,8-9H2,1-3H3,(H,18,20). The fourth-order valence-electron chi connectivity index (χ4n) is 2.34. The van der Waals surface area contributed by atoms with Gasteiger partial charge in [0.1, 0.15) is 5.75 Å². The van der Waals surface area contributed by atoms with Crippen LogP contribution in [0.5, 0.6) is 5.75 Å². The van der Waals surface area contributed by atoms with Gasteiger partial charge in [0.05, 0.1) is 7.11 Å². The van der Waals surface area contributed by atoms with Gasteiger partial charge in [0.2, 0.25) is 5.91 Å². The maximum absolute atomic E-state index is 11.8. The number of aromatic nitrogens is 1. The van der Waals surface area contributed by atoms with Crippen molar-refractivity contribution in [2.24, 2.45) is 0 Å². The lowest BCUT2D eigenvalue weighted by molar-refractivity contribution is -0.117. The van der Waals surface area contributed by atoms with Crippen molar-refractivity contribution in [3.8, 4) is 5.75 Å². The number of nitrogens with one attached hydrogen (secondary N) is 2. The van der Waals surface area contributed by atoms with Crippen molar-refractivity contribution in [3.63, 3.8) is 0 Å². The van der Waals surface area contributed by atoms with Crippen LogP contribution in [0.25, 0.3) is 10.9 Å². The van der Waals surface area contributed by atoms with Crippen LogP contribution < -0.4 is 10.1 Å². The number of ether oxygens (including phenoxy) is 1. The van der Waals surface area contributed by atoms with E-state index in [9.17, 15) is 4.79 Å². The number of H-pyrrole nitrogens is 1. The Kier molecular flexibility index (Phi) is 5.04. The molecular formula is C17H22N2O2. The van der Waals surface area contributed by atoms with Crippen molar-refractivity contribution in [1.82, 2.24) is 10.3 Å². The van der Waals surface area contributed by atoms with Crippen molar-refractivity contribution >= 4 is 16.8 Å². The third-order valence-electron chi connectivity index (χ3n) is 3.52. The molecule has 0 aliphatic carbocycles. The first-order valence-electron chi connectivity index (χ1n) is 7.24. The number of carbonyl (C=O) groups excluding carboxylic acids is 1. The first kappa shape index (κ1) is 15.2. The SMILES string of the molecule is CCC=C(C)C(=O)NCCc1c[nH]c2ccc(OC)cc12. The Morgan fingerprint density at radius 3 is 2.95 bits per heavy atom. The highest BCUT2D eigenvalue weighted by Gasteiger charge is 2.07. The van der Waals surface area contributed by atoms with Crippen molar-refractivity contribution in [2.45, 2.75) is 26.7 Å². The van der Waals surface area contributed by atoms with Crippen LogP contribution in [0.4, 0.5) is 0 Å². The Morgan fingerprint density at radius 2 is 2.24 bits per heavy atom. The van der Waals surface area contributed by atoms with Crippen LogP contribution in [-0.2, 0) is 11.2 Å². The predicted molar refractivity (Wildman–Crippen MR) is 85.6 cm³/mol. The minimum absolute atomic E-state index is 0.00859. The van der Waals surface area contributed by atoms with E-state index in [1.54, 1.807) is 7.11 Å². The number of hydrogen-bond donors (Lipinski definition) is 2. The molecule has 0 unspecified atom stereocenters. The number of rotatable bonds is 6. The Labute approximate surface area is 125 Å². The van der Waals surface area contributed by atoms with E-state index in [-0.39, 0.29) is 5.91 Å². The van der Waals surface area contributed by atoms with Gasteiger partial charge in [-0.05, 0) is 43.5 Å². The summed E-state index contributed by atoms with van der Waals surface area (Å²) in [5.74, 6) is 0.850. The van der Waals surface area contributed by atoms with Gasteiger partial charge in [-0.25, -0.2) is 0 Å². The number of hydrogen-bond acceptors (Lipinski definition) is 2. The fourth-order valence-corrected chi connectivity index (χ4v) is 2.34. The molecule has 0 saturated carbocycles. The van der Waals surface area contributed by atoms with Crippen LogP contribution in [0.1, 0.15) is 25.8 Å². The molecule has 2 rings (SSSR count). The molecule has 4 nitrogen and oxygen atoms in total. The van der Waals surface area contributed by atoms with Gasteiger partial charge in [-0.15, -0.1) is 0 Å². The molecule has 0 aliphatic rings. The number of amides is 1. The molecule has 0 atom stereocenters. The molecule has 4 heteroatoms. The molecule has 0 spiro atoms. The average Bonchev–Trinajstić information content (AvgIpc) is 2.89. The smallest absolute Gasteiger partial charge is 0.246 e. The van der Waals surface area contributed by atoms with E-state index >= 15 is 0 Å². The summed E-state index contributed by atoms with van der Waals surface area (Å²) in [5, 5.41) is 4.09. The van der Waals surface area contributed by atoms with Crippen LogP contribution in [-0.4, -0.2) is 24.5 Å². The molecule has 21 heavy (non-hydrogen) atoms. The van der Waals surface area contributed by atoms with Crippen molar-refractivity contribution < 1.29 is 9.53 Å². The normalized spacial score (nSPS) is 11.7. The summed E-state index contributed by atoms with van der Waals surface area (Å²) in [7, 11) is 1.66. The molecule has 0 radical (unpaired) electrons. The van der Waals surface area contributed by atoms with Gasteiger partial charge >= 0.3 is 0 Å². The zero-order valence-electron chi connectivity index (χ0n) is 12.8. The van der Waals surface area contributed by atoms with E-state index in [1.807, 2.05) is 44.3 Å². The van der Waals surface area contributed by atoms with Gasteiger partial charge in [-0.3, -0.25) is 4.79 Å². The number of aromatic amines is 1. The minimum Gasteiger partial charge on any atom is -0.497 e. The summed E-state index contributed by atoms with van der Waals surface area (Å²) in [4.78, 5) is 15.1. The van der Waals surface area contributed by atoms with E-state index in [1.165, 1.54) is 5.56 Å². The van der Waals surface area contributed by atoms with Crippen molar-refractivity contribution in [3.05, 3.63) is 41.6 Å². The molecule has 1 amide bonds. The number of allylic oxidation sites excluding steroid dienone is 1. The molecule has 2 aromatic rings. The van der Waals surface area contributed by atoms with Gasteiger partial charge in [0.25, 0.3) is 0 Å². The van der Waals surface area contributed by atoms with E-state index in [0.717, 1.165) is 35.1 Å². The molecular weight excluding hydrogens is 264 g/mol. The second kappa shape index (κ2) is 6.97. The number of methoxy groups -OCH3 is 1. The first-order chi connectivity index (χ1) is 10.2. The average molecular weight is 286 g/mol. The predicted octanol–water partition coefficient (Wildman–Crippen LogP) is 3.19. The lowest BCUT2D eigenvalue weighted by atomic mass is 10.1. The van der Waals surface area contributed by atoms with Gasteiger partial charge in [-0.1, -0.05) is 13.0 Å². The monoisotopic (exact) mass is 286 g/mol. The highest BCUT2D eigenvalue weighted by atomic mass is 16.5. The highest BCUT2D eigenvalue weighted by Crippen LogP contribution is 2.23. The van der Waals surface area contributed by atoms with Gasteiger partial charge in [0.15, 0.2) is 0 Å². The fraction of sp³-hybridized carbons (Fsp3) is 0.353. The van der Waals surface area contributed by atoms with Crippen molar-refractivity contribution in [2.75, 3.05) is 13.7 Å². The lowest BCUT2D eigenvalue weighted by Gasteiger charge is -2.05. The van der Waals surface area contributed by atoms with Crippen molar-refractivity contribution in [1.29, 1.82) is 0 Å². The summed E-state index contributed by atoms with van der Waals surface area (Å²) in [6, 6.07) is 5.96. The maximum atomic E-state index is 11.8. The molecule has 1 heterocycles. The van der Waals surface area contributed by atoms with Crippen LogP contribution in [0.2, 0.25) is 0 Å². The van der Waals surface area contributed by atoms with Crippen LogP contribution in [0.3, 0.4) is 0 Å². The second-order valence-corrected chi connectivity index (χ2v) is 5.03. The zero-order valence-corrected chi connectivity index (χ0v) is 12.8. The van der Waals surface area contributed by atoms with Crippen LogP contribution in [0, 0.1) is 0 Å². The highest BCUT2D eigenvalue weighted by molar-refractivity contribution is 5.92. The minimum atomic E-state index is 0.00859. The summed E-state index contributed by atoms with van der Waals surface area (Å²) in [6.45, 7) is 4.49. The maximum Gasteiger partial charge on any atom is 0.246 e. The first-order valence-corrected chi connectivity index (χ1v) is 7.24. The number of fused-ring (bicyclic) bond motifs is 1. The molecule has 0 fully saturated rings. The second-order valence-electron chi connectivity index (χ2n) is 5.03. The largest absolute Gasteiger partial charge is 0.497 e. The van der Waals surface area contributed by atoms with Crippen LogP contribution in [0.15, 0.2) is 36.0 Å². The topological polar surface area (TPSA) is 54.1 Å². The molecule has 112 valence electrons. The van der Waals surface area contributed by atoms with Gasteiger partial charge in [-0.2, -0.15) is 0 Å². The van der Waals surface area contributed by atoms with E-state index in [4.69, 9.17) is 4.74 Å². The molecule has 1 aromatic heterocycles.